The first kappa shape index (κ1) is 28.3. The molecule has 4 heteroatoms. The average Bonchev–Trinajstić information content (AvgIpc) is 3.58. The first-order valence-electron chi connectivity index (χ1n) is 16.9. The van der Waals surface area contributed by atoms with E-state index in [0.717, 1.165) is 67.0 Å². The highest BCUT2D eigenvalue weighted by atomic mass is 15.1. The van der Waals surface area contributed by atoms with Crippen molar-refractivity contribution in [3.05, 3.63) is 182 Å². The third-order valence-electron chi connectivity index (χ3n) is 9.78. The van der Waals surface area contributed by atoms with Crippen LogP contribution >= 0.6 is 0 Å². The lowest BCUT2D eigenvalue weighted by atomic mass is 10.00. The smallest absolute Gasteiger partial charge is 0.137 e. The first-order chi connectivity index (χ1) is 24.8. The van der Waals surface area contributed by atoms with Gasteiger partial charge in [-0.25, -0.2) is 9.97 Å². The molecule has 10 rings (SSSR count). The number of aromatic nitrogens is 3. The molecule has 0 bridgehead atoms. The van der Waals surface area contributed by atoms with E-state index in [-0.39, 0.29) is 0 Å². The number of para-hydroxylation sites is 1. The molecule has 3 aromatic heterocycles. The zero-order valence-corrected chi connectivity index (χ0v) is 27.1. The summed E-state index contributed by atoms with van der Waals surface area (Å²) in [6, 6.07) is 62.4. The van der Waals surface area contributed by atoms with E-state index in [1.54, 1.807) is 0 Å². The summed E-state index contributed by atoms with van der Waals surface area (Å²) < 4.78 is 2.15. The normalized spacial score (nSPS) is 11.6. The zero-order valence-electron chi connectivity index (χ0n) is 27.1. The summed E-state index contributed by atoms with van der Waals surface area (Å²) in [7, 11) is 0. The van der Waals surface area contributed by atoms with E-state index in [2.05, 4.69) is 167 Å². The van der Waals surface area contributed by atoms with Crippen LogP contribution in [0.2, 0.25) is 0 Å². The SMILES string of the molecule is c1ccc2c(N(c3ccc(-c4ccc(-c5nc6ccccc6c6nc7ccccn7c56)cc4)cc3)c3cccc4ccccc34)cccc2c1. The average molecular weight is 639 g/mol. The molecule has 0 radical (unpaired) electrons. The highest BCUT2D eigenvalue weighted by molar-refractivity contribution is 6.09. The molecule has 0 atom stereocenters. The quantitative estimate of drug-likeness (QED) is 0.188. The Balaban J connectivity index is 1.07. The Hall–Kier alpha value is -6.78. The number of fused-ring (bicyclic) bond motifs is 7. The number of benzene rings is 7. The molecule has 0 unspecified atom stereocenters. The van der Waals surface area contributed by atoms with E-state index in [9.17, 15) is 0 Å². The van der Waals surface area contributed by atoms with Crippen LogP contribution in [0.4, 0.5) is 17.1 Å². The maximum atomic E-state index is 5.16. The number of hydrogen-bond acceptors (Lipinski definition) is 3. The van der Waals surface area contributed by atoms with Gasteiger partial charge in [0.1, 0.15) is 11.2 Å². The van der Waals surface area contributed by atoms with Gasteiger partial charge >= 0.3 is 0 Å². The second-order valence-corrected chi connectivity index (χ2v) is 12.7. The molecule has 7 aromatic carbocycles. The van der Waals surface area contributed by atoms with Crippen LogP contribution in [0.1, 0.15) is 0 Å². The maximum Gasteiger partial charge on any atom is 0.137 e. The Labute approximate surface area is 289 Å². The van der Waals surface area contributed by atoms with Crippen molar-refractivity contribution < 1.29 is 0 Å². The van der Waals surface area contributed by atoms with Crippen LogP contribution in [0.15, 0.2) is 182 Å². The fourth-order valence-electron chi connectivity index (χ4n) is 7.39. The minimum absolute atomic E-state index is 0.916. The summed E-state index contributed by atoms with van der Waals surface area (Å²) in [5.74, 6) is 0. The van der Waals surface area contributed by atoms with Crippen molar-refractivity contribution in [3.8, 4) is 22.4 Å². The molecule has 0 fully saturated rings. The van der Waals surface area contributed by atoms with Gasteiger partial charge in [0.25, 0.3) is 0 Å². The third-order valence-corrected chi connectivity index (χ3v) is 9.78. The van der Waals surface area contributed by atoms with Crippen molar-refractivity contribution >= 4 is 66.2 Å². The van der Waals surface area contributed by atoms with Crippen LogP contribution < -0.4 is 4.90 Å². The minimum Gasteiger partial charge on any atom is -0.309 e. The molecule has 3 heterocycles. The number of nitrogens with zero attached hydrogens (tertiary/aromatic N) is 4. The minimum atomic E-state index is 0.916. The fraction of sp³-hybridized carbons (Fsp3) is 0. The molecular weight excluding hydrogens is 609 g/mol. The van der Waals surface area contributed by atoms with Gasteiger partial charge in [0.05, 0.1) is 28.1 Å². The van der Waals surface area contributed by atoms with Crippen LogP contribution in [-0.2, 0) is 0 Å². The zero-order chi connectivity index (χ0) is 33.0. The summed E-state index contributed by atoms with van der Waals surface area (Å²) in [5, 5.41) is 5.92. The van der Waals surface area contributed by atoms with E-state index in [1.807, 2.05) is 24.3 Å². The van der Waals surface area contributed by atoms with Gasteiger partial charge in [0.15, 0.2) is 0 Å². The van der Waals surface area contributed by atoms with Gasteiger partial charge in [-0.3, -0.25) is 4.40 Å². The van der Waals surface area contributed by atoms with Crippen molar-refractivity contribution in [1.29, 1.82) is 0 Å². The fourth-order valence-corrected chi connectivity index (χ4v) is 7.39. The van der Waals surface area contributed by atoms with E-state index >= 15 is 0 Å². The van der Waals surface area contributed by atoms with Gasteiger partial charge in [-0.2, -0.15) is 0 Å². The molecule has 0 aliphatic rings. The van der Waals surface area contributed by atoms with Crippen LogP contribution in [0.5, 0.6) is 0 Å². The third kappa shape index (κ3) is 4.54. The topological polar surface area (TPSA) is 33.4 Å². The number of anilines is 3. The van der Waals surface area contributed by atoms with Crippen molar-refractivity contribution in [1.82, 2.24) is 14.4 Å². The lowest BCUT2D eigenvalue weighted by molar-refractivity contribution is 1.22. The number of imidazole rings is 1. The summed E-state index contributed by atoms with van der Waals surface area (Å²) in [4.78, 5) is 12.6. The van der Waals surface area contributed by atoms with Crippen LogP contribution in [0.25, 0.3) is 71.5 Å². The van der Waals surface area contributed by atoms with E-state index in [1.165, 1.54) is 21.5 Å². The molecule has 0 spiro atoms. The molecule has 0 saturated carbocycles. The molecule has 50 heavy (non-hydrogen) atoms. The summed E-state index contributed by atoms with van der Waals surface area (Å²) in [6.45, 7) is 0. The standard InChI is InChI=1S/C46H30N4/c1-3-15-37-33(11-1)13-9-19-41(37)50(42-20-10-14-34-12-2-4-16-38(34)42)36-28-26-32(27-29-36)31-22-24-35(25-23-31)44-46-45(39-17-5-6-18-40(39)47-44)48-43-21-7-8-30-49(43)46/h1-30H. The lowest BCUT2D eigenvalue weighted by Gasteiger charge is -2.28. The Morgan fingerprint density at radius 3 is 1.64 bits per heavy atom. The van der Waals surface area contributed by atoms with Gasteiger partial charge < -0.3 is 4.90 Å². The van der Waals surface area contributed by atoms with E-state index in [0.29, 0.717) is 0 Å². The van der Waals surface area contributed by atoms with Gasteiger partial charge in [-0.1, -0.05) is 133 Å². The van der Waals surface area contributed by atoms with Gasteiger partial charge in [-0.05, 0) is 64.4 Å². The predicted molar refractivity (Wildman–Crippen MR) is 209 cm³/mol. The molecule has 10 aromatic rings. The van der Waals surface area contributed by atoms with Gasteiger partial charge in [0.2, 0.25) is 0 Å². The second kappa shape index (κ2) is 11.4. The van der Waals surface area contributed by atoms with E-state index in [4.69, 9.17) is 9.97 Å². The van der Waals surface area contributed by atoms with Crippen molar-refractivity contribution in [2.75, 3.05) is 4.90 Å². The van der Waals surface area contributed by atoms with Gasteiger partial charge in [-0.15, -0.1) is 0 Å². The van der Waals surface area contributed by atoms with Crippen LogP contribution in [0.3, 0.4) is 0 Å². The molecule has 0 amide bonds. The number of pyridine rings is 2. The largest absolute Gasteiger partial charge is 0.309 e. The van der Waals surface area contributed by atoms with Crippen molar-refractivity contribution in [2.24, 2.45) is 0 Å². The van der Waals surface area contributed by atoms with Gasteiger partial charge in [0, 0.05) is 33.6 Å². The Morgan fingerprint density at radius 1 is 0.420 bits per heavy atom. The molecule has 0 aliphatic carbocycles. The Kier molecular flexibility index (Phi) is 6.46. The predicted octanol–water partition coefficient (Wildman–Crippen LogP) is 12.1. The maximum absolute atomic E-state index is 5.16. The van der Waals surface area contributed by atoms with Crippen molar-refractivity contribution in [2.45, 2.75) is 0 Å². The molecule has 0 N–H and O–H groups in total. The second-order valence-electron chi connectivity index (χ2n) is 12.7. The molecular formula is C46H30N4. The number of hydrogen-bond donors (Lipinski definition) is 0. The first-order valence-corrected chi connectivity index (χ1v) is 16.9. The van der Waals surface area contributed by atoms with Crippen LogP contribution in [0, 0.1) is 0 Å². The monoisotopic (exact) mass is 638 g/mol. The van der Waals surface area contributed by atoms with Crippen LogP contribution in [-0.4, -0.2) is 14.4 Å². The summed E-state index contributed by atoms with van der Waals surface area (Å²) in [5.41, 5.74) is 11.6. The Bertz CT molecular complexity index is 2780. The summed E-state index contributed by atoms with van der Waals surface area (Å²) >= 11 is 0. The molecule has 0 aliphatic heterocycles. The van der Waals surface area contributed by atoms with E-state index < -0.39 is 0 Å². The lowest BCUT2D eigenvalue weighted by Crippen LogP contribution is -2.11. The summed E-state index contributed by atoms with van der Waals surface area (Å²) in [6.07, 6.45) is 2.07. The highest BCUT2D eigenvalue weighted by Gasteiger charge is 2.19. The number of rotatable bonds is 5. The molecule has 234 valence electrons. The van der Waals surface area contributed by atoms with Crippen molar-refractivity contribution in [3.63, 3.8) is 0 Å². The molecule has 4 nitrogen and oxygen atoms in total. The molecule has 0 saturated heterocycles. The highest BCUT2D eigenvalue weighted by Crippen LogP contribution is 2.42. The Morgan fingerprint density at radius 2 is 0.960 bits per heavy atom.